The molecule has 38 valence electrons. The van der Waals surface area contributed by atoms with Crippen molar-refractivity contribution in [2.75, 3.05) is 0 Å². The normalized spacial score (nSPS) is 8.12. The molecular weight excluding hydrogens is 199 g/mol. The van der Waals surface area contributed by atoms with Crippen LogP contribution in [0.4, 0.5) is 0 Å². The molecule has 0 fully saturated rings. The molecule has 0 aromatic carbocycles. The molecule has 1 rings (SSSR count). The van der Waals surface area contributed by atoms with Gasteiger partial charge in [0.15, 0.2) is 0 Å². The number of rotatable bonds is 0. The van der Waals surface area contributed by atoms with E-state index in [1.54, 1.807) is 11.4 Å². The van der Waals surface area contributed by atoms with Crippen molar-refractivity contribution < 1.29 is 34.7 Å². The molecule has 1 nitrogen and oxygen atoms in total. The first-order valence-electron chi connectivity index (χ1n) is 1.70. The molecule has 0 aliphatic heterocycles. The first-order valence-corrected chi connectivity index (χ1v) is 3.38. The Balaban J connectivity index is 0.000000490. The van der Waals surface area contributed by atoms with E-state index in [1.165, 1.54) is 11.3 Å². The predicted octanol–water partition coefficient (Wildman–Crippen LogP) is -1.41. The summed E-state index contributed by atoms with van der Waals surface area (Å²) in [5.41, 5.74) is 0. The Morgan fingerprint density at radius 1 is 1.62 bits per heavy atom. The molecule has 0 radical (unpaired) electrons. The summed E-state index contributed by atoms with van der Waals surface area (Å²) in [6, 6.07) is 1.74. The quantitative estimate of drug-likeness (QED) is 0.473. The molecule has 0 saturated heterocycles. The monoisotopic (exact) mass is 200 g/mol. The number of halogens is 1. The SMILES string of the molecule is [Na+].[O-]c1sccc1Br. The van der Waals surface area contributed by atoms with Gasteiger partial charge >= 0.3 is 29.6 Å². The van der Waals surface area contributed by atoms with Crippen LogP contribution in [0.2, 0.25) is 0 Å². The molecule has 1 aromatic heterocycles. The van der Waals surface area contributed by atoms with Crippen molar-refractivity contribution in [1.82, 2.24) is 0 Å². The minimum absolute atomic E-state index is 0. The maximum Gasteiger partial charge on any atom is 1.00 e. The molecule has 0 spiro atoms. The van der Waals surface area contributed by atoms with E-state index in [0.717, 1.165) is 0 Å². The molecule has 0 N–H and O–H groups in total. The molecule has 0 bridgehead atoms. The summed E-state index contributed by atoms with van der Waals surface area (Å²) >= 11 is 4.27. The van der Waals surface area contributed by atoms with Crippen LogP contribution < -0.4 is 34.7 Å². The Kier molecular flexibility index (Phi) is 4.38. The van der Waals surface area contributed by atoms with Gasteiger partial charge in [-0.25, -0.2) is 0 Å². The molecule has 0 saturated carbocycles. The van der Waals surface area contributed by atoms with Crippen molar-refractivity contribution in [3.05, 3.63) is 15.9 Å². The van der Waals surface area contributed by atoms with E-state index in [0.29, 0.717) is 4.47 Å². The first-order chi connectivity index (χ1) is 3.30. The second-order valence-corrected chi connectivity index (χ2v) is 2.79. The molecular formula is C4H2BrNaOS. The van der Waals surface area contributed by atoms with Crippen LogP contribution in [-0.2, 0) is 0 Å². The van der Waals surface area contributed by atoms with Gasteiger partial charge in [-0.3, -0.25) is 0 Å². The van der Waals surface area contributed by atoms with Crippen LogP contribution in [0.1, 0.15) is 0 Å². The maximum absolute atomic E-state index is 10.4. The van der Waals surface area contributed by atoms with E-state index in [9.17, 15) is 5.11 Å². The fraction of sp³-hybridized carbons (Fsp3) is 0. The Hall–Kier alpha value is 0.980. The van der Waals surface area contributed by atoms with Crippen molar-refractivity contribution >= 4 is 27.3 Å². The average Bonchev–Trinajstić information content (AvgIpc) is 1.91. The van der Waals surface area contributed by atoms with Crippen LogP contribution in [0.5, 0.6) is 5.06 Å². The predicted molar refractivity (Wildman–Crippen MR) is 31.5 cm³/mol. The van der Waals surface area contributed by atoms with Gasteiger partial charge in [0.1, 0.15) is 0 Å². The minimum atomic E-state index is 0. The van der Waals surface area contributed by atoms with Crippen molar-refractivity contribution in [3.8, 4) is 5.06 Å². The van der Waals surface area contributed by atoms with Crippen molar-refractivity contribution in [1.29, 1.82) is 0 Å². The Morgan fingerprint density at radius 2 is 2.25 bits per heavy atom. The van der Waals surface area contributed by atoms with E-state index in [1.807, 2.05) is 0 Å². The van der Waals surface area contributed by atoms with Gasteiger partial charge in [0.2, 0.25) is 0 Å². The zero-order valence-electron chi connectivity index (χ0n) is 4.35. The third-order valence-corrected chi connectivity index (χ3v) is 2.18. The molecule has 0 aliphatic carbocycles. The van der Waals surface area contributed by atoms with Gasteiger partial charge in [0, 0.05) is 4.47 Å². The van der Waals surface area contributed by atoms with Crippen LogP contribution in [0.3, 0.4) is 0 Å². The average molecular weight is 201 g/mol. The van der Waals surface area contributed by atoms with Crippen LogP contribution >= 0.6 is 27.3 Å². The van der Waals surface area contributed by atoms with Gasteiger partial charge in [-0.15, -0.1) is 0 Å². The van der Waals surface area contributed by atoms with Gasteiger partial charge in [-0.1, -0.05) is 15.9 Å². The first kappa shape index (κ1) is 8.98. The summed E-state index contributed by atoms with van der Waals surface area (Å²) in [5.74, 6) is 0. The second kappa shape index (κ2) is 3.90. The molecule has 0 atom stereocenters. The fourth-order valence-corrected chi connectivity index (χ4v) is 1.38. The van der Waals surface area contributed by atoms with Crippen molar-refractivity contribution in [3.63, 3.8) is 0 Å². The Morgan fingerprint density at radius 3 is 2.38 bits per heavy atom. The molecule has 8 heavy (non-hydrogen) atoms. The molecule has 1 heterocycles. The molecule has 4 heteroatoms. The van der Waals surface area contributed by atoms with Crippen LogP contribution in [0, 0.1) is 0 Å². The van der Waals surface area contributed by atoms with Crippen LogP contribution in [0.15, 0.2) is 15.9 Å². The molecule has 0 aliphatic rings. The van der Waals surface area contributed by atoms with E-state index in [-0.39, 0.29) is 34.6 Å². The maximum atomic E-state index is 10.4. The molecule has 0 unspecified atom stereocenters. The minimum Gasteiger partial charge on any atom is -0.864 e. The van der Waals surface area contributed by atoms with Crippen molar-refractivity contribution in [2.45, 2.75) is 0 Å². The summed E-state index contributed by atoms with van der Waals surface area (Å²) in [6.45, 7) is 0. The number of hydrogen-bond donors (Lipinski definition) is 0. The van der Waals surface area contributed by atoms with Crippen molar-refractivity contribution in [2.24, 2.45) is 0 Å². The van der Waals surface area contributed by atoms with Gasteiger partial charge in [-0.2, -0.15) is 11.3 Å². The van der Waals surface area contributed by atoms with Gasteiger partial charge in [-0.05, 0) is 16.5 Å². The summed E-state index contributed by atoms with van der Waals surface area (Å²) in [4.78, 5) is 0. The third-order valence-electron chi connectivity index (χ3n) is 0.584. The van der Waals surface area contributed by atoms with Crippen LogP contribution in [-0.4, -0.2) is 0 Å². The summed E-state index contributed by atoms with van der Waals surface area (Å²) in [6.07, 6.45) is 0. The standard InChI is InChI=1S/C4H3BrOS.Na/c5-3-1-2-7-4(3)6;/h1-2,6H;/q;+1/p-1. The summed E-state index contributed by atoms with van der Waals surface area (Å²) < 4.78 is 0.664. The van der Waals surface area contributed by atoms with E-state index in [4.69, 9.17) is 0 Å². The Bertz CT molecular complexity index is 148. The zero-order chi connectivity index (χ0) is 5.28. The topological polar surface area (TPSA) is 23.1 Å². The third kappa shape index (κ3) is 2.07. The van der Waals surface area contributed by atoms with Crippen LogP contribution in [0.25, 0.3) is 0 Å². The van der Waals surface area contributed by atoms with Gasteiger partial charge < -0.3 is 5.11 Å². The largest absolute Gasteiger partial charge is 1.00 e. The summed E-state index contributed by atoms with van der Waals surface area (Å²) in [7, 11) is 0. The molecule has 0 amide bonds. The van der Waals surface area contributed by atoms with Gasteiger partial charge in [0.25, 0.3) is 0 Å². The number of hydrogen-bond acceptors (Lipinski definition) is 2. The summed E-state index contributed by atoms with van der Waals surface area (Å²) in [5, 5.41) is 12.2. The smallest absolute Gasteiger partial charge is 0.864 e. The van der Waals surface area contributed by atoms with E-state index >= 15 is 0 Å². The van der Waals surface area contributed by atoms with Gasteiger partial charge in [0.05, 0.1) is 0 Å². The molecule has 1 aromatic rings. The zero-order valence-corrected chi connectivity index (χ0v) is 8.75. The van der Waals surface area contributed by atoms with E-state index < -0.39 is 0 Å². The number of thiophene rings is 1. The fourth-order valence-electron chi connectivity index (χ4n) is 0.280. The van der Waals surface area contributed by atoms with E-state index in [2.05, 4.69) is 15.9 Å². The second-order valence-electron chi connectivity index (χ2n) is 1.06. The Labute approximate surface area is 82.1 Å².